The third kappa shape index (κ3) is 3.30. The number of nitrogens with zero attached hydrogens (tertiary/aromatic N) is 1. The van der Waals surface area contributed by atoms with E-state index in [0.29, 0.717) is 23.8 Å². The van der Waals surface area contributed by atoms with Crippen LogP contribution < -0.4 is 0 Å². The van der Waals surface area contributed by atoms with Gasteiger partial charge in [0.1, 0.15) is 0 Å². The molecular formula is C16H25NO3S. The lowest BCUT2D eigenvalue weighted by Gasteiger charge is -2.33. The molecule has 1 N–H and O–H groups in total. The van der Waals surface area contributed by atoms with E-state index in [4.69, 9.17) is 0 Å². The summed E-state index contributed by atoms with van der Waals surface area (Å²) in [4.78, 5) is 0.308. The van der Waals surface area contributed by atoms with Crippen LogP contribution in [-0.4, -0.2) is 36.0 Å². The zero-order valence-corrected chi connectivity index (χ0v) is 14.0. The normalized spacial score (nSPS) is 21.1. The molecule has 1 atom stereocenters. The first-order valence-corrected chi connectivity index (χ1v) is 8.92. The average Bonchev–Trinajstić information content (AvgIpc) is 2.88. The number of hydrogen-bond donors (Lipinski definition) is 1. The van der Waals surface area contributed by atoms with Crippen LogP contribution in [0.3, 0.4) is 0 Å². The number of rotatable bonds is 4. The number of hydrogen-bond acceptors (Lipinski definition) is 3. The molecule has 0 amide bonds. The summed E-state index contributed by atoms with van der Waals surface area (Å²) in [5.74, 6) is 0.373. The number of aliphatic hydroxyl groups is 1. The highest BCUT2D eigenvalue weighted by molar-refractivity contribution is 7.89. The summed E-state index contributed by atoms with van der Waals surface area (Å²) in [5.41, 5.74) is 0.0935. The second kappa shape index (κ2) is 5.71. The smallest absolute Gasteiger partial charge is 0.243 e. The van der Waals surface area contributed by atoms with Crippen LogP contribution in [0.4, 0.5) is 0 Å². The van der Waals surface area contributed by atoms with Crippen LogP contribution >= 0.6 is 0 Å². The van der Waals surface area contributed by atoms with Crippen molar-refractivity contribution in [3.8, 4) is 0 Å². The molecule has 1 unspecified atom stereocenters. The average molecular weight is 311 g/mol. The number of sulfonamides is 1. The van der Waals surface area contributed by atoms with Gasteiger partial charge >= 0.3 is 0 Å². The van der Waals surface area contributed by atoms with Crippen molar-refractivity contribution in [3.05, 3.63) is 29.8 Å². The van der Waals surface area contributed by atoms with Gasteiger partial charge in [-0.1, -0.05) is 26.0 Å². The van der Waals surface area contributed by atoms with Crippen molar-refractivity contribution in [2.75, 3.05) is 6.54 Å². The maximum absolute atomic E-state index is 12.8. The molecule has 0 spiro atoms. The van der Waals surface area contributed by atoms with E-state index < -0.39 is 15.6 Å². The van der Waals surface area contributed by atoms with E-state index in [9.17, 15) is 13.5 Å². The van der Waals surface area contributed by atoms with Gasteiger partial charge in [0.2, 0.25) is 10.0 Å². The molecule has 0 saturated carbocycles. The van der Waals surface area contributed by atoms with Crippen molar-refractivity contribution in [3.63, 3.8) is 0 Å². The summed E-state index contributed by atoms with van der Waals surface area (Å²) in [5, 5.41) is 10.2. The molecule has 5 heteroatoms. The van der Waals surface area contributed by atoms with Crippen molar-refractivity contribution in [2.45, 2.75) is 63.0 Å². The van der Waals surface area contributed by atoms with Crippen LogP contribution in [0, 0.1) is 0 Å². The summed E-state index contributed by atoms with van der Waals surface area (Å²) in [6.07, 6.45) is 1.49. The molecule has 1 heterocycles. The van der Waals surface area contributed by atoms with E-state index in [1.54, 1.807) is 26.0 Å². The monoisotopic (exact) mass is 311 g/mol. The summed E-state index contributed by atoms with van der Waals surface area (Å²) in [6, 6.07) is 6.72. The molecule has 21 heavy (non-hydrogen) atoms. The van der Waals surface area contributed by atoms with Gasteiger partial charge in [0.25, 0.3) is 0 Å². The highest BCUT2D eigenvalue weighted by Crippen LogP contribution is 2.32. The van der Waals surface area contributed by atoms with Crippen LogP contribution in [0.5, 0.6) is 0 Å². The van der Waals surface area contributed by atoms with Crippen LogP contribution in [0.2, 0.25) is 0 Å². The molecule has 0 bridgehead atoms. The first kappa shape index (κ1) is 16.5. The lowest BCUT2D eigenvalue weighted by atomic mass is 9.98. The highest BCUT2D eigenvalue weighted by atomic mass is 32.2. The Bertz CT molecular complexity index is 585. The Labute approximate surface area is 127 Å². The molecule has 1 aromatic carbocycles. The Balaban J connectivity index is 2.33. The summed E-state index contributed by atoms with van der Waals surface area (Å²) < 4.78 is 27.0. The molecule has 2 rings (SSSR count). The molecule has 1 fully saturated rings. The van der Waals surface area contributed by atoms with Gasteiger partial charge in [-0.2, -0.15) is 4.31 Å². The first-order chi connectivity index (χ1) is 9.64. The number of benzene rings is 1. The quantitative estimate of drug-likeness (QED) is 0.930. The van der Waals surface area contributed by atoms with Crippen LogP contribution in [0.15, 0.2) is 29.2 Å². The Kier molecular flexibility index (Phi) is 4.47. The second-order valence-corrected chi connectivity index (χ2v) is 8.54. The van der Waals surface area contributed by atoms with Gasteiger partial charge in [-0.3, -0.25) is 0 Å². The van der Waals surface area contributed by atoms with Crippen LogP contribution in [-0.2, 0) is 10.0 Å². The molecular weight excluding hydrogens is 286 g/mol. The standard InChI is InChI=1S/C16H25NO3S/c1-12(2)13-7-9-14(10-8-13)21(19,20)17-11-5-6-15(17)16(3,4)18/h7-10,12,15,18H,5-6,11H2,1-4H3. The minimum absolute atomic E-state index is 0.308. The lowest BCUT2D eigenvalue weighted by Crippen LogP contribution is -2.48. The molecule has 1 aliphatic heterocycles. The molecule has 0 radical (unpaired) electrons. The van der Waals surface area contributed by atoms with Gasteiger partial charge in [0, 0.05) is 6.54 Å². The third-order valence-corrected chi connectivity index (χ3v) is 6.09. The fraction of sp³-hybridized carbons (Fsp3) is 0.625. The molecule has 0 aromatic heterocycles. The third-order valence-electron chi connectivity index (χ3n) is 4.17. The lowest BCUT2D eigenvalue weighted by molar-refractivity contribution is 0.0215. The van der Waals surface area contributed by atoms with Gasteiger partial charge in [-0.05, 0) is 50.3 Å². The molecule has 4 nitrogen and oxygen atoms in total. The second-order valence-electron chi connectivity index (χ2n) is 6.65. The molecule has 1 aliphatic rings. The molecule has 118 valence electrons. The van der Waals surface area contributed by atoms with E-state index in [0.717, 1.165) is 12.0 Å². The predicted molar refractivity (Wildman–Crippen MR) is 83.7 cm³/mol. The zero-order valence-electron chi connectivity index (χ0n) is 13.2. The van der Waals surface area contributed by atoms with Crippen molar-refractivity contribution < 1.29 is 13.5 Å². The Morgan fingerprint density at radius 2 is 1.81 bits per heavy atom. The van der Waals surface area contributed by atoms with E-state index in [-0.39, 0.29) is 6.04 Å². The van der Waals surface area contributed by atoms with Gasteiger partial charge in [0.15, 0.2) is 0 Å². The van der Waals surface area contributed by atoms with Crippen molar-refractivity contribution in [1.29, 1.82) is 0 Å². The van der Waals surface area contributed by atoms with Crippen LogP contribution in [0.25, 0.3) is 0 Å². The van der Waals surface area contributed by atoms with Gasteiger partial charge in [-0.25, -0.2) is 8.42 Å². The van der Waals surface area contributed by atoms with Crippen molar-refractivity contribution in [1.82, 2.24) is 4.31 Å². The molecule has 1 aromatic rings. The van der Waals surface area contributed by atoms with Gasteiger partial charge in [-0.15, -0.1) is 0 Å². The Hall–Kier alpha value is -0.910. The highest BCUT2D eigenvalue weighted by Gasteiger charge is 2.42. The first-order valence-electron chi connectivity index (χ1n) is 7.48. The minimum Gasteiger partial charge on any atom is -0.389 e. The van der Waals surface area contributed by atoms with E-state index >= 15 is 0 Å². The maximum Gasteiger partial charge on any atom is 0.243 e. The van der Waals surface area contributed by atoms with E-state index in [2.05, 4.69) is 13.8 Å². The Morgan fingerprint density at radius 1 is 1.24 bits per heavy atom. The zero-order chi connectivity index (χ0) is 15.8. The predicted octanol–water partition coefficient (Wildman–Crippen LogP) is 2.73. The summed E-state index contributed by atoms with van der Waals surface area (Å²) >= 11 is 0. The fourth-order valence-electron chi connectivity index (χ4n) is 2.89. The van der Waals surface area contributed by atoms with Crippen molar-refractivity contribution in [2.24, 2.45) is 0 Å². The van der Waals surface area contributed by atoms with Gasteiger partial charge < -0.3 is 5.11 Å². The Morgan fingerprint density at radius 3 is 2.29 bits per heavy atom. The molecule has 1 saturated heterocycles. The minimum atomic E-state index is -3.54. The fourth-order valence-corrected chi connectivity index (χ4v) is 4.71. The van der Waals surface area contributed by atoms with E-state index in [1.165, 1.54) is 4.31 Å². The van der Waals surface area contributed by atoms with Gasteiger partial charge in [0.05, 0.1) is 16.5 Å². The van der Waals surface area contributed by atoms with Crippen LogP contribution in [0.1, 0.15) is 52.0 Å². The van der Waals surface area contributed by atoms with Crippen molar-refractivity contribution >= 4 is 10.0 Å². The largest absolute Gasteiger partial charge is 0.389 e. The SMILES string of the molecule is CC(C)c1ccc(S(=O)(=O)N2CCCC2C(C)(C)O)cc1. The van der Waals surface area contributed by atoms with E-state index in [1.807, 2.05) is 12.1 Å². The summed E-state index contributed by atoms with van der Waals surface area (Å²) in [7, 11) is -3.54. The topological polar surface area (TPSA) is 57.6 Å². The maximum atomic E-state index is 12.8. The summed E-state index contributed by atoms with van der Waals surface area (Å²) in [6.45, 7) is 7.98. The molecule has 0 aliphatic carbocycles.